The summed E-state index contributed by atoms with van der Waals surface area (Å²) >= 11 is 0. The topological polar surface area (TPSA) is 116 Å². The molecule has 1 aliphatic heterocycles. The van der Waals surface area contributed by atoms with Gasteiger partial charge in [0.15, 0.2) is 0 Å². The molecule has 1 saturated heterocycles. The number of piperazine rings is 1. The van der Waals surface area contributed by atoms with Gasteiger partial charge in [-0.2, -0.15) is 4.31 Å². The van der Waals surface area contributed by atoms with E-state index in [1.807, 2.05) is 7.05 Å². The first-order valence-electron chi connectivity index (χ1n) is 9.94. The van der Waals surface area contributed by atoms with E-state index in [1.165, 1.54) is 46.8 Å². The SMILES string of the molecule is C=CCNS(=O)(=O)c1ccc(C(=O)Nc2cccc(S(=O)(=O)N3CCN(C)CC3)c2)cc1. The molecule has 1 aliphatic rings. The second kappa shape index (κ2) is 9.92. The van der Waals surface area contributed by atoms with Gasteiger partial charge in [0.2, 0.25) is 20.0 Å². The quantitative estimate of drug-likeness (QED) is 0.553. The number of carbonyl (C=O) groups excluding carboxylic acids is 1. The molecule has 1 heterocycles. The largest absolute Gasteiger partial charge is 0.322 e. The number of hydrogen-bond acceptors (Lipinski definition) is 6. The van der Waals surface area contributed by atoms with Crippen molar-refractivity contribution in [2.24, 2.45) is 0 Å². The molecule has 0 saturated carbocycles. The molecule has 3 rings (SSSR count). The maximum atomic E-state index is 12.9. The second-order valence-corrected chi connectivity index (χ2v) is 11.1. The molecule has 2 aromatic rings. The van der Waals surface area contributed by atoms with E-state index in [-0.39, 0.29) is 21.9 Å². The number of likely N-dealkylation sites (N-methyl/N-ethyl adjacent to an activating group) is 1. The van der Waals surface area contributed by atoms with E-state index >= 15 is 0 Å². The summed E-state index contributed by atoms with van der Waals surface area (Å²) in [4.78, 5) is 14.8. The van der Waals surface area contributed by atoms with E-state index in [1.54, 1.807) is 12.1 Å². The van der Waals surface area contributed by atoms with Gasteiger partial charge >= 0.3 is 0 Å². The third kappa shape index (κ3) is 5.61. The molecule has 0 aliphatic carbocycles. The van der Waals surface area contributed by atoms with Crippen LogP contribution in [0.1, 0.15) is 10.4 Å². The molecule has 0 unspecified atom stereocenters. The van der Waals surface area contributed by atoms with E-state index in [9.17, 15) is 21.6 Å². The average molecular weight is 479 g/mol. The van der Waals surface area contributed by atoms with Gasteiger partial charge in [-0.1, -0.05) is 12.1 Å². The van der Waals surface area contributed by atoms with Gasteiger partial charge < -0.3 is 10.2 Å². The number of nitrogens with zero attached hydrogens (tertiary/aromatic N) is 2. The molecule has 11 heteroatoms. The minimum Gasteiger partial charge on any atom is -0.322 e. The number of anilines is 1. The molecule has 9 nitrogen and oxygen atoms in total. The predicted octanol–water partition coefficient (Wildman–Crippen LogP) is 1.34. The summed E-state index contributed by atoms with van der Waals surface area (Å²) in [6.07, 6.45) is 1.43. The number of hydrogen-bond donors (Lipinski definition) is 2. The molecule has 0 bridgehead atoms. The number of amides is 1. The number of carbonyl (C=O) groups is 1. The summed E-state index contributed by atoms with van der Waals surface area (Å²) in [6, 6.07) is 11.5. The minimum atomic E-state index is -3.69. The smallest absolute Gasteiger partial charge is 0.255 e. The summed E-state index contributed by atoms with van der Waals surface area (Å²) < 4.78 is 53.9. The van der Waals surface area contributed by atoms with Crippen LogP contribution in [0.15, 0.2) is 71.0 Å². The Labute approximate surface area is 188 Å². The summed E-state index contributed by atoms with van der Waals surface area (Å²) in [5.41, 5.74) is 0.564. The van der Waals surface area contributed by atoms with Crippen LogP contribution in [0.2, 0.25) is 0 Å². The van der Waals surface area contributed by atoms with Gasteiger partial charge in [0.1, 0.15) is 0 Å². The van der Waals surface area contributed by atoms with E-state index in [0.29, 0.717) is 31.9 Å². The zero-order valence-electron chi connectivity index (χ0n) is 17.7. The van der Waals surface area contributed by atoms with E-state index in [4.69, 9.17) is 0 Å². The van der Waals surface area contributed by atoms with Crippen LogP contribution in [0.3, 0.4) is 0 Å². The van der Waals surface area contributed by atoms with Crippen LogP contribution in [-0.2, 0) is 20.0 Å². The molecule has 0 radical (unpaired) electrons. The van der Waals surface area contributed by atoms with Gasteiger partial charge in [-0.15, -0.1) is 6.58 Å². The van der Waals surface area contributed by atoms with Crippen molar-refractivity contribution in [3.63, 3.8) is 0 Å². The number of nitrogens with one attached hydrogen (secondary N) is 2. The minimum absolute atomic E-state index is 0.0242. The molecule has 1 amide bonds. The van der Waals surface area contributed by atoms with Crippen LogP contribution in [0, 0.1) is 0 Å². The molecule has 2 N–H and O–H groups in total. The maximum absolute atomic E-state index is 12.9. The van der Waals surface area contributed by atoms with Crippen LogP contribution in [0.4, 0.5) is 5.69 Å². The van der Waals surface area contributed by atoms with Gasteiger partial charge in [0, 0.05) is 44.0 Å². The number of benzene rings is 2. The Morgan fingerprint density at radius 3 is 2.28 bits per heavy atom. The molecule has 32 heavy (non-hydrogen) atoms. The highest BCUT2D eigenvalue weighted by molar-refractivity contribution is 7.89. The van der Waals surface area contributed by atoms with Crippen molar-refractivity contribution in [1.29, 1.82) is 0 Å². The van der Waals surface area contributed by atoms with Gasteiger partial charge in [0.25, 0.3) is 5.91 Å². The van der Waals surface area contributed by atoms with Gasteiger partial charge in [-0.3, -0.25) is 4.79 Å². The monoisotopic (exact) mass is 478 g/mol. The summed E-state index contributed by atoms with van der Waals surface area (Å²) in [6.45, 7) is 5.69. The van der Waals surface area contributed by atoms with Crippen molar-refractivity contribution in [3.8, 4) is 0 Å². The normalized spacial score (nSPS) is 15.9. The Kier molecular flexibility index (Phi) is 7.47. The van der Waals surface area contributed by atoms with E-state index in [0.717, 1.165) is 0 Å². The fraction of sp³-hybridized carbons (Fsp3) is 0.286. The molecule has 172 valence electrons. The highest BCUT2D eigenvalue weighted by atomic mass is 32.2. The average Bonchev–Trinajstić information content (AvgIpc) is 2.78. The van der Waals surface area contributed by atoms with E-state index < -0.39 is 26.0 Å². The van der Waals surface area contributed by atoms with Crippen molar-refractivity contribution in [2.75, 3.05) is 45.1 Å². The zero-order chi connectivity index (χ0) is 23.4. The first kappa shape index (κ1) is 24.1. The Bertz CT molecular complexity index is 1190. The van der Waals surface area contributed by atoms with Crippen LogP contribution >= 0.6 is 0 Å². The zero-order valence-corrected chi connectivity index (χ0v) is 19.3. The fourth-order valence-corrected chi connectivity index (χ4v) is 5.62. The Balaban J connectivity index is 1.73. The van der Waals surface area contributed by atoms with Crippen molar-refractivity contribution in [3.05, 3.63) is 66.7 Å². The summed E-state index contributed by atoms with van der Waals surface area (Å²) in [5, 5.41) is 2.66. The van der Waals surface area contributed by atoms with Crippen LogP contribution in [-0.4, -0.2) is 71.7 Å². The lowest BCUT2D eigenvalue weighted by Gasteiger charge is -2.31. The third-order valence-corrected chi connectivity index (χ3v) is 8.37. The van der Waals surface area contributed by atoms with Crippen LogP contribution in [0.5, 0.6) is 0 Å². The number of sulfonamides is 2. The van der Waals surface area contributed by atoms with E-state index in [2.05, 4.69) is 21.5 Å². The van der Waals surface area contributed by atoms with Crippen molar-refractivity contribution in [2.45, 2.75) is 9.79 Å². The van der Waals surface area contributed by atoms with Gasteiger partial charge in [-0.25, -0.2) is 21.6 Å². The second-order valence-electron chi connectivity index (χ2n) is 7.35. The molecule has 2 aromatic carbocycles. The Hall–Kier alpha value is -2.57. The highest BCUT2D eigenvalue weighted by Gasteiger charge is 2.27. The standard InChI is InChI=1S/C21H26N4O5S2/c1-3-11-22-31(27,28)19-9-7-17(8-10-19)21(26)23-18-5-4-6-20(16-18)32(29,30)25-14-12-24(2)13-15-25/h3-10,16,22H,1,11-15H2,2H3,(H,23,26). The first-order chi connectivity index (χ1) is 15.1. The lowest BCUT2D eigenvalue weighted by Crippen LogP contribution is -2.47. The van der Waals surface area contributed by atoms with Crippen molar-refractivity contribution >= 4 is 31.6 Å². The van der Waals surface area contributed by atoms with Gasteiger partial charge in [0.05, 0.1) is 9.79 Å². The van der Waals surface area contributed by atoms with Crippen molar-refractivity contribution < 1.29 is 21.6 Å². The summed E-state index contributed by atoms with van der Waals surface area (Å²) in [7, 11) is -5.41. The highest BCUT2D eigenvalue weighted by Crippen LogP contribution is 2.21. The molecule has 0 atom stereocenters. The number of rotatable bonds is 8. The Morgan fingerprint density at radius 2 is 1.66 bits per heavy atom. The molecular weight excluding hydrogens is 452 g/mol. The molecule has 0 aromatic heterocycles. The summed E-state index contributed by atoms with van der Waals surface area (Å²) in [5.74, 6) is -0.484. The predicted molar refractivity (Wildman–Crippen MR) is 122 cm³/mol. The van der Waals surface area contributed by atoms with Crippen LogP contribution in [0.25, 0.3) is 0 Å². The maximum Gasteiger partial charge on any atom is 0.255 e. The first-order valence-corrected chi connectivity index (χ1v) is 12.9. The lowest BCUT2D eigenvalue weighted by molar-refractivity contribution is 0.102. The molecule has 0 spiro atoms. The third-order valence-electron chi connectivity index (χ3n) is 5.04. The molecule has 1 fully saturated rings. The van der Waals surface area contributed by atoms with Crippen LogP contribution < -0.4 is 10.0 Å². The van der Waals surface area contributed by atoms with Crippen molar-refractivity contribution in [1.82, 2.24) is 13.9 Å². The van der Waals surface area contributed by atoms with Gasteiger partial charge in [-0.05, 0) is 49.5 Å². The Morgan fingerprint density at radius 1 is 1.00 bits per heavy atom. The fourth-order valence-electron chi connectivity index (χ4n) is 3.15. The molecular formula is C21H26N4O5S2. The lowest BCUT2D eigenvalue weighted by atomic mass is 10.2.